The molecule has 8 bridgehead atoms. The van der Waals surface area contributed by atoms with Gasteiger partial charge in [-0.3, -0.25) is 4.99 Å². The molecule has 4 aliphatic rings. The number of ether oxygens (including phenoxy) is 2. The Kier molecular flexibility index (Phi) is 7.72. The van der Waals surface area contributed by atoms with Gasteiger partial charge in [-0.2, -0.15) is 0 Å². The topological polar surface area (TPSA) is 105 Å². The molecule has 0 amide bonds. The zero-order valence-corrected chi connectivity index (χ0v) is 25.3. The van der Waals surface area contributed by atoms with E-state index in [0.29, 0.717) is 47.5 Å². The molecule has 0 radical (unpaired) electrons. The zero-order valence-electron chi connectivity index (χ0n) is 25.3. The minimum atomic E-state index is -1.75. The highest BCUT2D eigenvalue weighted by molar-refractivity contribution is 6.22. The summed E-state index contributed by atoms with van der Waals surface area (Å²) >= 11 is 0. The van der Waals surface area contributed by atoms with Crippen LogP contribution in [0.15, 0.2) is 68.5 Å². The largest absolute Gasteiger partial charge is 0.467 e. The maximum absolute atomic E-state index is 16.1. The second-order valence-corrected chi connectivity index (χ2v) is 11.4. The van der Waals surface area contributed by atoms with E-state index in [1.54, 1.807) is 13.0 Å². The van der Waals surface area contributed by atoms with Crippen molar-refractivity contribution >= 4 is 35.5 Å². The van der Waals surface area contributed by atoms with Gasteiger partial charge in [0.2, 0.25) is 0 Å². The van der Waals surface area contributed by atoms with Gasteiger partial charge in [-0.05, 0) is 73.4 Å². The van der Waals surface area contributed by atoms with Gasteiger partial charge >= 0.3 is 11.9 Å². The summed E-state index contributed by atoms with van der Waals surface area (Å²) in [4.78, 5) is 40.6. The summed E-state index contributed by atoms with van der Waals surface area (Å²) < 4.78 is 26.7. The molecular weight excluding hydrogens is 535 g/mol. The maximum atomic E-state index is 16.1. The van der Waals surface area contributed by atoms with E-state index in [1.807, 2.05) is 64.1 Å². The number of alkyl halides is 1. The number of aromatic amines is 1. The van der Waals surface area contributed by atoms with E-state index in [-0.39, 0.29) is 11.5 Å². The lowest BCUT2D eigenvalue weighted by molar-refractivity contribution is -0.152. The number of methoxy groups -OCH3 is 2. The first-order valence-corrected chi connectivity index (χ1v) is 14.6. The number of aromatic nitrogens is 1. The average molecular weight is 575 g/mol. The molecule has 42 heavy (non-hydrogen) atoms. The number of carbonyl (C=O) groups is 2. The number of carbonyl (C=O) groups excluding carboxylic acids is 2. The van der Waals surface area contributed by atoms with Gasteiger partial charge < -0.3 is 19.8 Å². The summed E-state index contributed by atoms with van der Waals surface area (Å²) in [5.41, 5.74) is 1.14. The van der Waals surface area contributed by atoms with Crippen molar-refractivity contribution in [2.75, 3.05) is 14.2 Å². The van der Waals surface area contributed by atoms with Crippen LogP contribution in [0.2, 0.25) is 0 Å². The zero-order chi connectivity index (χ0) is 30.4. The summed E-state index contributed by atoms with van der Waals surface area (Å²) in [6.07, 6.45) is 9.74. The number of H-pyrrole nitrogens is 1. The van der Waals surface area contributed by atoms with Crippen molar-refractivity contribution in [3.8, 4) is 0 Å². The van der Waals surface area contributed by atoms with Gasteiger partial charge in [0.15, 0.2) is 5.54 Å². The van der Waals surface area contributed by atoms with Crippen molar-refractivity contribution in [3.05, 3.63) is 69.2 Å². The Morgan fingerprint density at radius 2 is 1.79 bits per heavy atom. The van der Waals surface area contributed by atoms with E-state index in [4.69, 9.17) is 19.5 Å². The summed E-state index contributed by atoms with van der Waals surface area (Å²) in [5, 5.41) is 5.35. The van der Waals surface area contributed by atoms with Crippen LogP contribution in [0, 0.1) is 11.8 Å². The second-order valence-electron chi connectivity index (χ2n) is 11.4. The Morgan fingerprint density at radius 1 is 1.07 bits per heavy atom. The summed E-state index contributed by atoms with van der Waals surface area (Å²) in [5.74, 6) is -2.34. The van der Waals surface area contributed by atoms with Crippen LogP contribution in [0.5, 0.6) is 0 Å². The number of fused-ring (bicyclic) bond motifs is 6. The molecule has 0 saturated carbocycles. The quantitative estimate of drug-likeness (QED) is 0.504. The highest BCUT2D eigenvalue weighted by Gasteiger charge is 2.63. The molecule has 5 atom stereocenters. The van der Waals surface area contributed by atoms with E-state index < -0.39 is 35.1 Å². The molecule has 8 nitrogen and oxygen atoms in total. The number of hydrogen-bond acceptors (Lipinski definition) is 7. The van der Waals surface area contributed by atoms with E-state index in [9.17, 15) is 9.59 Å². The molecule has 0 fully saturated rings. The standard InChI is InChI=1S/C33H39FN4O4/c1-8-10-25(34)28-19(4)32(9-2)20(5)33(31(40)42-7)29(30(39)41-6)18(3)26(38-33)16-23-13-11-21(35-23)15-22-12-14-24(36-22)17-27(28)37-32/h11-17,19-20,25,36-37H,8-10H2,1-7H3/b22-15-,23-16-,24-17-. The third-order valence-electron chi connectivity index (χ3n) is 9.41. The highest BCUT2D eigenvalue weighted by Crippen LogP contribution is 2.52. The van der Waals surface area contributed by atoms with Crippen LogP contribution in [-0.2, 0) is 19.1 Å². The summed E-state index contributed by atoms with van der Waals surface area (Å²) in [7, 11) is 2.58. The molecule has 0 spiro atoms. The molecule has 1 aromatic rings. The Hall–Kier alpha value is -4.01. The predicted molar refractivity (Wildman–Crippen MR) is 162 cm³/mol. The first-order valence-electron chi connectivity index (χ1n) is 14.6. The Morgan fingerprint density at radius 3 is 2.43 bits per heavy atom. The molecule has 1 aromatic heterocycles. The van der Waals surface area contributed by atoms with E-state index in [0.717, 1.165) is 16.4 Å². The molecule has 222 valence electrons. The molecule has 0 aliphatic carbocycles. The number of aliphatic imine (C=N–C) groups is 2. The number of rotatable bonds is 6. The highest BCUT2D eigenvalue weighted by atomic mass is 19.1. The van der Waals surface area contributed by atoms with Crippen molar-refractivity contribution in [2.24, 2.45) is 21.8 Å². The molecule has 5 unspecified atom stereocenters. The second kappa shape index (κ2) is 11.0. The Labute approximate surface area is 245 Å². The van der Waals surface area contributed by atoms with E-state index in [1.165, 1.54) is 14.2 Å². The third kappa shape index (κ3) is 4.41. The molecule has 5 rings (SSSR count). The molecule has 5 heterocycles. The summed E-state index contributed by atoms with van der Waals surface area (Å²) in [6, 6.07) is 3.91. The van der Waals surface area contributed by atoms with Crippen LogP contribution in [0.25, 0.3) is 12.2 Å². The van der Waals surface area contributed by atoms with Gasteiger partial charge in [-0.25, -0.2) is 19.0 Å². The smallest absolute Gasteiger partial charge is 0.339 e. The monoisotopic (exact) mass is 574 g/mol. The number of hydrogen-bond donors (Lipinski definition) is 2. The van der Waals surface area contributed by atoms with E-state index in [2.05, 4.69) is 10.3 Å². The molecule has 0 saturated heterocycles. The van der Waals surface area contributed by atoms with Gasteiger partial charge in [-0.1, -0.05) is 34.1 Å². The van der Waals surface area contributed by atoms with Crippen molar-refractivity contribution in [1.82, 2.24) is 10.3 Å². The molecule has 9 heteroatoms. The SMILES string of the molecule is CCCC(F)C1=C2/C=c3/cc/c([nH]3)=C/C3=NC(=C\C4=NC(C(=O)OC)(C(C(=O)OC)=C4C)C(C)C(CC)(N2)C1C)/C=C3. The van der Waals surface area contributed by atoms with Gasteiger partial charge in [-0.15, -0.1) is 0 Å². The van der Waals surface area contributed by atoms with Crippen molar-refractivity contribution in [1.29, 1.82) is 0 Å². The Balaban J connectivity index is 1.86. The third-order valence-corrected chi connectivity index (χ3v) is 9.41. The van der Waals surface area contributed by atoms with Crippen LogP contribution in [-0.4, -0.2) is 59.8 Å². The predicted octanol–water partition coefficient (Wildman–Crippen LogP) is 3.76. The van der Waals surface area contributed by atoms with E-state index >= 15 is 4.39 Å². The van der Waals surface area contributed by atoms with Crippen molar-refractivity contribution in [2.45, 2.75) is 71.1 Å². The fraction of sp³-hybridized carbons (Fsp3) is 0.455. The minimum Gasteiger partial charge on any atom is -0.467 e. The molecule has 0 aromatic carbocycles. The lowest BCUT2D eigenvalue weighted by Crippen LogP contribution is -2.62. The van der Waals surface area contributed by atoms with Crippen LogP contribution in [0.1, 0.15) is 53.9 Å². The Bertz CT molecular complexity index is 1640. The molecular formula is C33H39FN4O4. The van der Waals surface area contributed by atoms with Crippen LogP contribution in [0.4, 0.5) is 4.39 Å². The van der Waals surface area contributed by atoms with Crippen LogP contribution < -0.4 is 16.0 Å². The maximum Gasteiger partial charge on any atom is 0.339 e. The van der Waals surface area contributed by atoms with Gasteiger partial charge in [0.05, 0.1) is 36.9 Å². The lowest BCUT2D eigenvalue weighted by atomic mass is 9.62. The fourth-order valence-electron chi connectivity index (χ4n) is 7.16. The normalized spacial score (nSPS) is 31.7. The first kappa shape index (κ1) is 29.5. The molecule has 2 N–H and O–H groups in total. The number of halogens is 1. The number of allylic oxidation sites excluding steroid dienone is 5. The van der Waals surface area contributed by atoms with Crippen LogP contribution >= 0.6 is 0 Å². The van der Waals surface area contributed by atoms with Crippen molar-refractivity contribution < 1.29 is 23.5 Å². The van der Waals surface area contributed by atoms with Crippen molar-refractivity contribution in [3.63, 3.8) is 0 Å². The number of esters is 2. The average Bonchev–Trinajstić information content (AvgIpc) is 3.73. The van der Waals surface area contributed by atoms with Crippen LogP contribution in [0.3, 0.4) is 0 Å². The number of nitrogens with zero attached hydrogens (tertiary/aromatic N) is 2. The minimum absolute atomic E-state index is 0.123. The van der Waals surface area contributed by atoms with Gasteiger partial charge in [0, 0.05) is 33.8 Å². The van der Waals surface area contributed by atoms with Gasteiger partial charge in [0.25, 0.3) is 0 Å². The first-order chi connectivity index (χ1) is 20.1. The van der Waals surface area contributed by atoms with Gasteiger partial charge in [0.1, 0.15) is 6.17 Å². The fourth-order valence-corrected chi connectivity index (χ4v) is 7.16. The number of nitrogens with one attached hydrogen (secondary N) is 2. The summed E-state index contributed by atoms with van der Waals surface area (Å²) in [6.45, 7) is 9.62. The molecule has 4 aliphatic heterocycles. The lowest BCUT2D eigenvalue weighted by Gasteiger charge is -2.47.